The molecule has 1 aromatic carbocycles. The van der Waals surface area contributed by atoms with E-state index in [1.54, 1.807) is 6.08 Å². The molecule has 0 fully saturated rings. The van der Waals surface area contributed by atoms with Crippen molar-refractivity contribution in [3.63, 3.8) is 0 Å². The highest BCUT2D eigenvalue weighted by Gasteiger charge is 2.07. The monoisotopic (exact) mass is 343 g/mol. The Balaban J connectivity index is 1.90. The maximum absolute atomic E-state index is 12.4. The van der Waals surface area contributed by atoms with E-state index in [-0.39, 0.29) is 5.56 Å². The fraction of sp³-hybridized carbons (Fsp3) is 0.118. The molecule has 116 valence electrons. The highest BCUT2D eigenvalue weighted by Crippen LogP contribution is 2.20. The lowest BCUT2D eigenvalue weighted by Gasteiger charge is -1.97. The molecule has 6 heteroatoms. The minimum Gasteiger partial charge on any atom is -0.267 e. The minimum absolute atomic E-state index is 0.189. The van der Waals surface area contributed by atoms with Crippen LogP contribution in [-0.4, -0.2) is 15.9 Å². The number of hydrogen-bond acceptors (Lipinski definition) is 4. The summed E-state index contributed by atoms with van der Waals surface area (Å²) in [6, 6.07) is 11.5. The van der Waals surface area contributed by atoms with Crippen LogP contribution in [-0.2, 0) is 6.42 Å². The van der Waals surface area contributed by atoms with Crippen molar-refractivity contribution in [1.82, 2.24) is 9.66 Å². The standard InChI is InChI=1S/C17H14ClN3OS/c1-2-14-9-15-16(23-14)19-11-21(17(15)22)20-10-13(18)8-12-6-4-3-5-7-12/h3-11H,2H2,1H3/b13-8-,20-10-. The number of thiophene rings is 1. The van der Waals surface area contributed by atoms with Crippen molar-refractivity contribution in [2.75, 3.05) is 0 Å². The smallest absolute Gasteiger partial charge is 0.267 e. The quantitative estimate of drug-likeness (QED) is 0.668. The van der Waals surface area contributed by atoms with Gasteiger partial charge in [0.15, 0.2) is 0 Å². The Morgan fingerprint density at radius 1 is 1.39 bits per heavy atom. The zero-order chi connectivity index (χ0) is 16.2. The molecule has 0 saturated heterocycles. The number of halogens is 1. The molecule has 0 aliphatic heterocycles. The van der Waals surface area contributed by atoms with E-state index < -0.39 is 0 Å². The molecule has 0 aliphatic carbocycles. The second kappa shape index (κ2) is 6.89. The summed E-state index contributed by atoms with van der Waals surface area (Å²) in [7, 11) is 0. The van der Waals surface area contributed by atoms with Crippen LogP contribution in [0.1, 0.15) is 17.4 Å². The zero-order valence-corrected chi connectivity index (χ0v) is 14.0. The molecular weight excluding hydrogens is 330 g/mol. The first kappa shape index (κ1) is 15.6. The van der Waals surface area contributed by atoms with Crippen molar-refractivity contribution in [2.24, 2.45) is 5.10 Å². The van der Waals surface area contributed by atoms with Gasteiger partial charge in [-0.3, -0.25) is 4.79 Å². The number of hydrogen-bond donors (Lipinski definition) is 0. The molecule has 0 atom stereocenters. The fourth-order valence-corrected chi connectivity index (χ4v) is 3.18. The van der Waals surface area contributed by atoms with Gasteiger partial charge in [-0.1, -0.05) is 48.9 Å². The third kappa shape index (κ3) is 3.57. The number of benzene rings is 1. The van der Waals surface area contributed by atoms with Crippen LogP contribution in [0, 0.1) is 0 Å². The van der Waals surface area contributed by atoms with Gasteiger partial charge in [-0.15, -0.1) is 11.3 Å². The van der Waals surface area contributed by atoms with Gasteiger partial charge in [0, 0.05) is 4.88 Å². The molecule has 0 radical (unpaired) electrons. The first-order valence-electron chi connectivity index (χ1n) is 7.14. The number of allylic oxidation sites excluding steroid dienone is 1. The lowest BCUT2D eigenvalue weighted by atomic mass is 10.2. The lowest BCUT2D eigenvalue weighted by molar-refractivity contribution is 0.819. The number of aryl methyl sites for hydroxylation is 1. The molecule has 0 saturated carbocycles. The normalized spacial score (nSPS) is 12.3. The summed E-state index contributed by atoms with van der Waals surface area (Å²) >= 11 is 7.67. The molecule has 0 bridgehead atoms. The Kier molecular flexibility index (Phi) is 4.69. The van der Waals surface area contributed by atoms with E-state index in [4.69, 9.17) is 11.6 Å². The largest absolute Gasteiger partial charge is 0.282 e. The topological polar surface area (TPSA) is 47.2 Å². The van der Waals surface area contributed by atoms with E-state index in [9.17, 15) is 4.79 Å². The van der Waals surface area contributed by atoms with Crippen LogP contribution in [0.4, 0.5) is 0 Å². The first-order valence-corrected chi connectivity index (χ1v) is 8.33. The van der Waals surface area contributed by atoms with Crippen molar-refractivity contribution in [3.8, 4) is 0 Å². The maximum Gasteiger partial charge on any atom is 0.282 e. The van der Waals surface area contributed by atoms with Crippen LogP contribution >= 0.6 is 22.9 Å². The molecule has 0 spiro atoms. The Bertz CT molecular complexity index is 941. The average molecular weight is 344 g/mol. The second-order valence-electron chi connectivity index (χ2n) is 4.86. The predicted octanol–water partition coefficient (Wildman–Crippen LogP) is 4.13. The summed E-state index contributed by atoms with van der Waals surface area (Å²) in [6.45, 7) is 2.05. The zero-order valence-electron chi connectivity index (χ0n) is 12.4. The molecule has 3 rings (SSSR count). The first-order chi connectivity index (χ1) is 11.2. The van der Waals surface area contributed by atoms with Gasteiger partial charge >= 0.3 is 0 Å². The Morgan fingerprint density at radius 2 is 2.17 bits per heavy atom. The molecular formula is C17H14ClN3OS. The van der Waals surface area contributed by atoms with E-state index in [1.807, 2.05) is 36.4 Å². The van der Waals surface area contributed by atoms with Crippen LogP contribution in [0.3, 0.4) is 0 Å². The van der Waals surface area contributed by atoms with Crippen LogP contribution in [0.15, 0.2) is 57.7 Å². The molecule has 2 aromatic heterocycles. The molecule has 0 unspecified atom stereocenters. The third-order valence-corrected chi connectivity index (χ3v) is 4.64. The van der Waals surface area contributed by atoms with Crippen LogP contribution < -0.4 is 5.56 Å². The summed E-state index contributed by atoms with van der Waals surface area (Å²) < 4.78 is 1.20. The maximum atomic E-state index is 12.4. The Labute approximate surface area is 142 Å². The third-order valence-electron chi connectivity index (χ3n) is 3.24. The molecule has 0 aliphatic rings. The van der Waals surface area contributed by atoms with Gasteiger partial charge in [0.2, 0.25) is 0 Å². The van der Waals surface area contributed by atoms with E-state index in [0.29, 0.717) is 10.4 Å². The van der Waals surface area contributed by atoms with Crippen LogP contribution in [0.5, 0.6) is 0 Å². The molecule has 0 amide bonds. The van der Waals surface area contributed by atoms with Gasteiger partial charge in [-0.05, 0) is 24.1 Å². The van der Waals surface area contributed by atoms with Crippen molar-refractivity contribution in [2.45, 2.75) is 13.3 Å². The van der Waals surface area contributed by atoms with E-state index in [0.717, 1.165) is 21.7 Å². The molecule has 4 nitrogen and oxygen atoms in total. The number of nitrogens with zero attached hydrogens (tertiary/aromatic N) is 3. The molecule has 23 heavy (non-hydrogen) atoms. The van der Waals surface area contributed by atoms with Gasteiger partial charge in [-0.25, -0.2) is 4.98 Å². The van der Waals surface area contributed by atoms with Gasteiger partial charge in [0.25, 0.3) is 5.56 Å². The summed E-state index contributed by atoms with van der Waals surface area (Å²) in [5.74, 6) is 0. The SMILES string of the molecule is CCc1cc2c(=O)n(/N=C\C(Cl)=C\c3ccccc3)cnc2s1. The Hall–Kier alpha value is -2.24. The van der Waals surface area contributed by atoms with Gasteiger partial charge in [0.05, 0.1) is 16.6 Å². The number of rotatable bonds is 4. The van der Waals surface area contributed by atoms with Crippen molar-refractivity contribution in [1.29, 1.82) is 0 Å². The Morgan fingerprint density at radius 3 is 2.91 bits per heavy atom. The highest BCUT2D eigenvalue weighted by atomic mass is 35.5. The van der Waals surface area contributed by atoms with Gasteiger partial charge in [0.1, 0.15) is 11.2 Å². The van der Waals surface area contributed by atoms with Gasteiger partial charge in [-0.2, -0.15) is 9.78 Å². The van der Waals surface area contributed by atoms with Gasteiger partial charge < -0.3 is 0 Å². The van der Waals surface area contributed by atoms with Crippen molar-refractivity contribution < 1.29 is 0 Å². The molecule has 3 aromatic rings. The molecule has 0 N–H and O–H groups in total. The summed E-state index contributed by atoms with van der Waals surface area (Å²) in [4.78, 5) is 18.5. The molecule has 2 heterocycles. The van der Waals surface area contributed by atoms with Crippen molar-refractivity contribution >= 4 is 45.4 Å². The lowest BCUT2D eigenvalue weighted by Crippen LogP contribution is -2.16. The van der Waals surface area contributed by atoms with E-state index in [1.165, 1.54) is 28.6 Å². The minimum atomic E-state index is -0.189. The van der Waals surface area contributed by atoms with Crippen molar-refractivity contribution in [3.05, 3.63) is 68.6 Å². The fourth-order valence-electron chi connectivity index (χ4n) is 2.08. The van der Waals surface area contributed by atoms with Crippen LogP contribution in [0.25, 0.3) is 16.3 Å². The highest BCUT2D eigenvalue weighted by molar-refractivity contribution is 7.18. The number of fused-ring (bicyclic) bond motifs is 1. The average Bonchev–Trinajstić information content (AvgIpc) is 2.99. The van der Waals surface area contributed by atoms with E-state index in [2.05, 4.69) is 17.0 Å². The van der Waals surface area contributed by atoms with Crippen LogP contribution in [0.2, 0.25) is 0 Å². The summed E-state index contributed by atoms with van der Waals surface area (Å²) in [5, 5.41) is 5.13. The number of aromatic nitrogens is 2. The summed E-state index contributed by atoms with van der Waals surface area (Å²) in [5.41, 5.74) is 0.779. The predicted molar refractivity (Wildman–Crippen MR) is 97.4 cm³/mol. The van der Waals surface area contributed by atoms with E-state index >= 15 is 0 Å². The second-order valence-corrected chi connectivity index (χ2v) is 6.42. The summed E-state index contributed by atoms with van der Waals surface area (Å²) in [6.07, 6.45) is 5.53.